The van der Waals surface area contributed by atoms with Crippen molar-refractivity contribution in [2.75, 3.05) is 13.7 Å². The molecule has 0 fully saturated rings. The number of ether oxygens (including phenoxy) is 2. The molecule has 0 N–H and O–H groups in total. The van der Waals surface area contributed by atoms with E-state index in [1.54, 1.807) is 13.0 Å². The van der Waals surface area contributed by atoms with Gasteiger partial charge in [-0.3, -0.25) is 4.79 Å². The number of methoxy groups -OCH3 is 1. The van der Waals surface area contributed by atoms with Crippen LogP contribution in [0.3, 0.4) is 0 Å². The minimum absolute atomic E-state index is 0.113. The van der Waals surface area contributed by atoms with Crippen LogP contribution in [0.15, 0.2) is 12.1 Å². The maximum atomic E-state index is 11.9. The number of Topliss-reactive ketones (excluding diaryl/α,β-unsaturated/α-hetero) is 1. The van der Waals surface area contributed by atoms with Crippen molar-refractivity contribution in [2.24, 2.45) is 0 Å². The van der Waals surface area contributed by atoms with E-state index in [2.05, 4.69) is 0 Å². The van der Waals surface area contributed by atoms with Gasteiger partial charge in [0, 0.05) is 5.56 Å². The van der Waals surface area contributed by atoms with Gasteiger partial charge in [0.1, 0.15) is 5.75 Å². The van der Waals surface area contributed by atoms with Gasteiger partial charge in [-0.15, -0.1) is 0 Å². The normalized spacial score (nSPS) is 10.4. The van der Waals surface area contributed by atoms with Crippen LogP contribution in [-0.4, -0.2) is 25.5 Å². The molecule has 0 spiro atoms. The smallest absolute Gasteiger partial charge is 0.379 e. The molecule has 0 radical (unpaired) electrons. The SMILES string of the molecule is CCOC(=O)C(=O)c1cc(Cl)c(OC)c(C(C)C)c1. The average Bonchev–Trinajstić information content (AvgIpc) is 2.36. The summed E-state index contributed by atoms with van der Waals surface area (Å²) in [4.78, 5) is 23.3. The van der Waals surface area contributed by atoms with Crippen molar-refractivity contribution in [3.05, 3.63) is 28.3 Å². The van der Waals surface area contributed by atoms with Crippen molar-refractivity contribution in [2.45, 2.75) is 26.7 Å². The van der Waals surface area contributed by atoms with E-state index in [1.165, 1.54) is 13.2 Å². The number of hydrogen-bond acceptors (Lipinski definition) is 4. The third-order valence-electron chi connectivity index (χ3n) is 2.62. The molecule has 0 atom stereocenters. The highest BCUT2D eigenvalue weighted by atomic mass is 35.5. The van der Waals surface area contributed by atoms with Crippen LogP contribution in [0.4, 0.5) is 0 Å². The van der Waals surface area contributed by atoms with Gasteiger partial charge in [-0.05, 0) is 30.5 Å². The van der Waals surface area contributed by atoms with E-state index in [0.29, 0.717) is 10.8 Å². The van der Waals surface area contributed by atoms with Gasteiger partial charge in [0.05, 0.1) is 18.7 Å². The van der Waals surface area contributed by atoms with E-state index in [-0.39, 0.29) is 18.1 Å². The van der Waals surface area contributed by atoms with Crippen LogP contribution in [0.25, 0.3) is 0 Å². The molecule has 1 rings (SSSR count). The zero-order valence-corrected chi connectivity index (χ0v) is 12.2. The van der Waals surface area contributed by atoms with E-state index < -0.39 is 11.8 Å². The molecule has 0 bridgehead atoms. The van der Waals surface area contributed by atoms with Crippen LogP contribution in [0.5, 0.6) is 5.75 Å². The molecule has 0 amide bonds. The van der Waals surface area contributed by atoms with Gasteiger partial charge in [0.25, 0.3) is 5.78 Å². The summed E-state index contributed by atoms with van der Waals surface area (Å²) in [6, 6.07) is 3.04. The molecular formula is C14H17ClO4. The number of carbonyl (C=O) groups is 2. The van der Waals surface area contributed by atoms with Crippen LogP contribution < -0.4 is 4.74 Å². The maximum Gasteiger partial charge on any atom is 0.379 e. The molecule has 0 aliphatic rings. The molecule has 0 saturated carbocycles. The highest BCUT2D eigenvalue weighted by Crippen LogP contribution is 2.34. The molecule has 4 nitrogen and oxygen atoms in total. The van der Waals surface area contributed by atoms with Crippen molar-refractivity contribution in [3.63, 3.8) is 0 Å². The van der Waals surface area contributed by atoms with Gasteiger partial charge in [0.2, 0.25) is 0 Å². The molecule has 0 unspecified atom stereocenters. The number of rotatable bonds is 5. The van der Waals surface area contributed by atoms with Crippen molar-refractivity contribution >= 4 is 23.4 Å². The molecule has 0 aromatic heterocycles. The monoisotopic (exact) mass is 284 g/mol. The predicted molar refractivity (Wildman–Crippen MR) is 73.1 cm³/mol. The first-order chi connectivity index (χ1) is 8.92. The average molecular weight is 285 g/mol. The molecule has 0 aliphatic carbocycles. The Kier molecular flexibility index (Phi) is 5.36. The number of halogens is 1. The number of ketones is 1. The van der Waals surface area contributed by atoms with Gasteiger partial charge < -0.3 is 9.47 Å². The molecule has 19 heavy (non-hydrogen) atoms. The second kappa shape index (κ2) is 6.57. The third kappa shape index (κ3) is 3.47. The van der Waals surface area contributed by atoms with Crippen LogP contribution in [-0.2, 0) is 9.53 Å². The van der Waals surface area contributed by atoms with E-state index >= 15 is 0 Å². The maximum absolute atomic E-state index is 11.9. The number of esters is 1. The summed E-state index contributed by atoms with van der Waals surface area (Å²) in [7, 11) is 1.51. The van der Waals surface area contributed by atoms with E-state index in [4.69, 9.17) is 21.1 Å². The second-order valence-corrected chi connectivity index (χ2v) is 4.69. The number of hydrogen-bond donors (Lipinski definition) is 0. The standard InChI is InChI=1S/C14H17ClO4/c1-5-19-14(17)12(16)9-6-10(8(2)3)13(18-4)11(15)7-9/h6-8H,5H2,1-4H3. The molecule has 104 valence electrons. The summed E-state index contributed by atoms with van der Waals surface area (Å²) >= 11 is 6.08. The van der Waals surface area contributed by atoms with Crippen LogP contribution in [0.1, 0.15) is 42.6 Å². The lowest BCUT2D eigenvalue weighted by Gasteiger charge is -2.14. The summed E-state index contributed by atoms with van der Waals surface area (Å²) in [6.45, 7) is 5.71. The molecule has 5 heteroatoms. The zero-order valence-electron chi connectivity index (χ0n) is 11.5. The molecular weight excluding hydrogens is 268 g/mol. The Labute approximate surface area is 117 Å². The van der Waals surface area contributed by atoms with Gasteiger partial charge >= 0.3 is 5.97 Å². The molecule has 1 aromatic rings. The second-order valence-electron chi connectivity index (χ2n) is 4.28. The Balaban J connectivity index is 3.24. The lowest BCUT2D eigenvalue weighted by atomic mass is 9.98. The van der Waals surface area contributed by atoms with Crippen molar-refractivity contribution in [1.82, 2.24) is 0 Å². The highest BCUT2D eigenvalue weighted by Gasteiger charge is 2.22. The summed E-state index contributed by atoms with van der Waals surface area (Å²) in [5, 5.41) is 0.307. The minimum atomic E-state index is -0.876. The first kappa shape index (κ1) is 15.5. The Hall–Kier alpha value is -1.55. The Bertz CT molecular complexity index is 494. The quantitative estimate of drug-likeness (QED) is 0.473. The molecule has 1 aromatic carbocycles. The van der Waals surface area contributed by atoms with Crippen molar-refractivity contribution in [1.29, 1.82) is 0 Å². The Morgan fingerprint density at radius 2 is 1.95 bits per heavy atom. The third-order valence-corrected chi connectivity index (χ3v) is 2.90. The Morgan fingerprint density at radius 3 is 2.42 bits per heavy atom. The molecule has 0 heterocycles. The lowest BCUT2D eigenvalue weighted by Crippen LogP contribution is -2.18. The zero-order chi connectivity index (χ0) is 14.6. The van der Waals surface area contributed by atoms with Crippen LogP contribution in [0.2, 0.25) is 5.02 Å². The predicted octanol–water partition coefficient (Wildman–Crippen LogP) is 3.22. The van der Waals surface area contributed by atoms with Crippen LogP contribution in [0, 0.1) is 0 Å². The summed E-state index contributed by atoms with van der Waals surface area (Å²) in [6.07, 6.45) is 0. The fourth-order valence-corrected chi connectivity index (χ4v) is 2.01. The van der Waals surface area contributed by atoms with E-state index in [9.17, 15) is 9.59 Å². The summed E-state index contributed by atoms with van der Waals surface area (Å²) in [5.41, 5.74) is 0.996. The van der Waals surface area contributed by atoms with E-state index in [0.717, 1.165) is 5.56 Å². The summed E-state index contributed by atoms with van der Waals surface area (Å²) in [5.74, 6) is -0.939. The largest absolute Gasteiger partial charge is 0.495 e. The Morgan fingerprint density at radius 1 is 1.32 bits per heavy atom. The first-order valence-electron chi connectivity index (χ1n) is 6.01. The fourth-order valence-electron chi connectivity index (χ4n) is 1.70. The number of carbonyl (C=O) groups excluding carboxylic acids is 2. The molecule has 0 saturated heterocycles. The fraction of sp³-hybridized carbons (Fsp3) is 0.429. The minimum Gasteiger partial charge on any atom is -0.495 e. The summed E-state index contributed by atoms with van der Waals surface area (Å²) < 4.78 is 9.91. The number of benzene rings is 1. The van der Waals surface area contributed by atoms with Gasteiger partial charge in [-0.1, -0.05) is 25.4 Å². The van der Waals surface area contributed by atoms with E-state index in [1.807, 2.05) is 13.8 Å². The van der Waals surface area contributed by atoms with Crippen molar-refractivity contribution < 1.29 is 19.1 Å². The van der Waals surface area contributed by atoms with Gasteiger partial charge in [-0.2, -0.15) is 0 Å². The molecule has 0 aliphatic heterocycles. The lowest BCUT2D eigenvalue weighted by molar-refractivity contribution is -0.137. The van der Waals surface area contributed by atoms with Gasteiger partial charge in [-0.25, -0.2) is 4.79 Å². The van der Waals surface area contributed by atoms with Gasteiger partial charge in [0.15, 0.2) is 0 Å². The topological polar surface area (TPSA) is 52.6 Å². The van der Waals surface area contributed by atoms with Crippen LogP contribution >= 0.6 is 11.6 Å². The highest BCUT2D eigenvalue weighted by molar-refractivity contribution is 6.41. The first-order valence-corrected chi connectivity index (χ1v) is 6.39. The van der Waals surface area contributed by atoms with Crippen molar-refractivity contribution in [3.8, 4) is 5.75 Å².